The molecule has 3 aromatic rings. The van der Waals surface area contributed by atoms with Crippen molar-refractivity contribution >= 4 is 23.2 Å². The number of rotatable bonds is 20. The van der Waals surface area contributed by atoms with Crippen molar-refractivity contribution in [2.45, 2.75) is 75.2 Å². The first-order valence-corrected chi connectivity index (χ1v) is 20.0. The van der Waals surface area contributed by atoms with Crippen LogP contribution in [-0.4, -0.2) is 74.0 Å². The lowest BCUT2D eigenvalue weighted by Gasteiger charge is -2.58. The number of oxime groups is 1. The number of nitro benzene ring substituents is 1. The number of hydrogen-bond acceptors (Lipinski definition) is 12. The zero-order valence-electron chi connectivity index (χ0n) is 30.8. The van der Waals surface area contributed by atoms with E-state index in [9.17, 15) is 20.3 Å². The summed E-state index contributed by atoms with van der Waals surface area (Å²) in [6.45, 7) is 6.86. The summed E-state index contributed by atoms with van der Waals surface area (Å²) in [5.74, 6) is 1.12. The minimum atomic E-state index is -1.09. The van der Waals surface area contributed by atoms with E-state index in [0.717, 1.165) is 54.0 Å². The first kappa shape index (κ1) is 39.4. The number of nitrogens with zero attached hydrogens (tertiary/aromatic N) is 4. The first-order valence-electron chi connectivity index (χ1n) is 18.9. The maximum absolute atomic E-state index is 11.5. The number of thioether (sulfide) groups is 1. The Hall–Kier alpha value is -4.30. The van der Waals surface area contributed by atoms with Gasteiger partial charge in [-0.25, -0.2) is 0 Å². The van der Waals surface area contributed by atoms with Gasteiger partial charge in [-0.15, -0.1) is 6.58 Å². The van der Waals surface area contributed by atoms with Gasteiger partial charge in [-0.1, -0.05) is 36.2 Å². The average molecular weight is 759 g/mol. The van der Waals surface area contributed by atoms with Crippen LogP contribution in [0.1, 0.15) is 69.0 Å². The molecule has 1 saturated carbocycles. The van der Waals surface area contributed by atoms with Crippen LogP contribution >= 0.6 is 11.8 Å². The van der Waals surface area contributed by atoms with Crippen molar-refractivity contribution in [2.24, 2.45) is 22.9 Å². The minimum Gasteiger partial charge on any atom is -0.460 e. The van der Waals surface area contributed by atoms with Crippen molar-refractivity contribution in [2.75, 3.05) is 32.2 Å². The number of benzene rings is 2. The summed E-state index contributed by atoms with van der Waals surface area (Å²) in [6, 6.07) is 11.9. The number of aromatic nitrogens is 2. The third-order valence-corrected chi connectivity index (χ3v) is 11.8. The van der Waals surface area contributed by atoms with Gasteiger partial charge in [0, 0.05) is 62.2 Å². The maximum Gasteiger partial charge on any atom is 0.273 e. The van der Waals surface area contributed by atoms with Crippen molar-refractivity contribution in [3.63, 3.8) is 0 Å². The second kappa shape index (κ2) is 18.8. The molecule has 13 heteroatoms. The molecule has 0 spiro atoms. The molecule has 6 atom stereocenters. The Labute approximate surface area is 320 Å². The highest BCUT2D eigenvalue weighted by Crippen LogP contribution is 2.62. The van der Waals surface area contributed by atoms with Crippen LogP contribution in [-0.2, 0) is 16.0 Å². The monoisotopic (exact) mass is 758 g/mol. The van der Waals surface area contributed by atoms with E-state index in [1.54, 1.807) is 48.6 Å². The van der Waals surface area contributed by atoms with Crippen molar-refractivity contribution in [3.8, 4) is 17.2 Å². The Morgan fingerprint density at radius 3 is 2.67 bits per heavy atom. The molecular weight excluding hydrogens is 709 g/mol. The van der Waals surface area contributed by atoms with E-state index in [2.05, 4.69) is 22.6 Å². The lowest BCUT2D eigenvalue weighted by Crippen LogP contribution is -2.64. The fraction of sp³-hybridized carbons (Fsp3) is 0.488. The molecule has 1 aromatic heterocycles. The summed E-state index contributed by atoms with van der Waals surface area (Å²) in [7, 11) is 0. The molecule has 6 rings (SSSR count). The van der Waals surface area contributed by atoms with Crippen LogP contribution in [0.2, 0.25) is 0 Å². The second-order valence-corrected chi connectivity index (χ2v) is 15.1. The second-order valence-electron chi connectivity index (χ2n) is 13.8. The molecule has 2 aliphatic carbocycles. The predicted molar refractivity (Wildman–Crippen MR) is 208 cm³/mol. The third kappa shape index (κ3) is 8.80. The molecule has 2 heterocycles. The third-order valence-electron chi connectivity index (χ3n) is 10.5. The number of aryl methyl sites for hydroxylation is 1. The van der Waals surface area contributed by atoms with Gasteiger partial charge in [0.1, 0.15) is 23.9 Å². The number of aliphatic hydroxyl groups is 2. The fourth-order valence-electron chi connectivity index (χ4n) is 8.24. The number of ether oxygens (including phenoxy) is 3. The van der Waals surface area contributed by atoms with E-state index in [1.807, 2.05) is 25.1 Å². The van der Waals surface area contributed by atoms with Gasteiger partial charge in [0.15, 0.2) is 0 Å². The summed E-state index contributed by atoms with van der Waals surface area (Å²) in [5.41, 5.74) is 3.74. The number of non-ortho nitro benzene ring substituents is 1. The van der Waals surface area contributed by atoms with Crippen LogP contribution in [0.3, 0.4) is 0 Å². The molecule has 0 radical (unpaired) electrons. The largest absolute Gasteiger partial charge is 0.460 e. The number of hydrogen-bond donors (Lipinski definition) is 2. The highest BCUT2D eigenvalue weighted by molar-refractivity contribution is 8.00. The minimum absolute atomic E-state index is 0.0548. The lowest BCUT2D eigenvalue weighted by molar-refractivity contribution is -0.384. The molecule has 1 fully saturated rings. The number of unbranched alkanes of at least 4 members (excludes halogenated alkanes) is 2. The highest BCUT2D eigenvalue weighted by Gasteiger charge is 2.64. The molecule has 1 aliphatic heterocycles. The van der Waals surface area contributed by atoms with Crippen molar-refractivity contribution in [1.82, 2.24) is 9.97 Å². The van der Waals surface area contributed by atoms with Gasteiger partial charge in [0.2, 0.25) is 5.79 Å². The number of allylic oxidation sites excluding steroid dienone is 1. The zero-order valence-corrected chi connectivity index (χ0v) is 31.6. The zero-order chi connectivity index (χ0) is 37.9. The number of nitro groups is 1. The van der Waals surface area contributed by atoms with Crippen molar-refractivity contribution in [1.29, 1.82) is 0 Å². The van der Waals surface area contributed by atoms with Crippen LogP contribution in [0.15, 0.2) is 90.5 Å². The molecular formula is C41H50N4O8S. The maximum atomic E-state index is 11.5. The summed E-state index contributed by atoms with van der Waals surface area (Å²) < 4.78 is 20.5. The quantitative estimate of drug-likeness (QED) is 0.0501. The number of fused-ring (bicyclic) bond motifs is 2. The topological polar surface area (TPSA) is 159 Å². The lowest BCUT2D eigenvalue weighted by atomic mass is 9.56. The molecule has 3 aliphatic rings. The van der Waals surface area contributed by atoms with Gasteiger partial charge in [-0.2, -0.15) is 11.8 Å². The SMILES string of the molecule is C=CCO[C@@]12Oc3ccc(Oc4cccc([N+](=O)[O-])c4)cc3[C@H]3[C@H](CCCCO)[C@@H](CCCCO)C=C(C(=NOCC)C[C@@H]1SCCc1cnccn1)[C@H]32. The predicted octanol–water partition coefficient (Wildman–Crippen LogP) is 7.81. The summed E-state index contributed by atoms with van der Waals surface area (Å²) in [5, 5.41) is 35.7. The van der Waals surface area contributed by atoms with Crippen LogP contribution in [0.5, 0.6) is 17.2 Å². The molecule has 54 heavy (non-hydrogen) atoms. The standard InChI is InChI=1S/C41H50N4O8S/c1-3-21-50-41-38(54-22-16-29-27-42-17-18-43-29)26-36(44-51-4-2)34-23-28(10-5-7-19-46)33(13-6-8-20-47)39(40(34)41)35-25-32(14-15-37(35)53-41)52-31-12-9-11-30(24-31)45(48)49/h3,9,11-12,14-15,17-18,23-25,27-28,33,38-40,46-47H,1,4-8,10,13,16,19-22,26H2,2H3/t28-,33+,38-,39+,40+,41+/m0/s1. The van der Waals surface area contributed by atoms with E-state index in [4.69, 9.17) is 24.2 Å². The van der Waals surface area contributed by atoms with Gasteiger partial charge >= 0.3 is 0 Å². The smallest absolute Gasteiger partial charge is 0.273 e. The average Bonchev–Trinajstić information content (AvgIpc) is 3.18. The van der Waals surface area contributed by atoms with Crippen LogP contribution in [0.4, 0.5) is 5.69 Å². The van der Waals surface area contributed by atoms with E-state index in [-0.39, 0.29) is 54.4 Å². The Kier molecular flexibility index (Phi) is 13.7. The number of aliphatic hydroxyl groups excluding tert-OH is 2. The summed E-state index contributed by atoms with van der Waals surface area (Å²) in [4.78, 5) is 25.6. The molecule has 2 aromatic carbocycles. The van der Waals surface area contributed by atoms with Gasteiger partial charge < -0.3 is 29.3 Å². The molecule has 0 bridgehead atoms. The normalized spacial score (nSPS) is 24.8. The highest BCUT2D eigenvalue weighted by atomic mass is 32.2. The van der Waals surface area contributed by atoms with Crippen LogP contribution in [0, 0.1) is 27.9 Å². The molecule has 2 N–H and O–H groups in total. The van der Waals surface area contributed by atoms with Gasteiger partial charge in [0.25, 0.3) is 5.69 Å². The molecule has 0 unspecified atom stereocenters. The summed E-state index contributed by atoms with van der Waals surface area (Å²) in [6.07, 6.45) is 15.4. The van der Waals surface area contributed by atoms with E-state index in [0.29, 0.717) is 49.5 Å². The Morgan fingerprint density at radius 2 is 1.93 bits per heavy atom. The van der Waals surface area contributed by atoms with E-state index in [1.165, 1.54) is 12.1 Å². The Balaban J connectivity index is 1.50. The van der Waals surface area contributed by atoms with Crippen molar-refractivity contribution < 1.29 is 34.2 Å². The Bertz CT molecular complexity index is 1790. The van der Waals surface area contributed by atoms with E-state index < -0.39 is 10.7 Å². The summed E-state index contributed by atoms with van der Waals surface area (Å²) >= 11 is 1.77. The molecule has 0 saturated heterocycles. The van der Waals surface area contributed by atoms with E-state index >= 15 is 0 Å². The van der Waals surface area contributed by atoms with Gasteiger partial charge in [0.05, 0.1) is 40.2 Å². The van der Waals surface area contributed by atoms with Crippen LogP contribution < -0.4 is 9.47 Å². The molecule has 0 amide bonds. The Morgan fingerprint density at radius 1 is 1.11 bits per heavy atom. The first-order chi connectivity index (χ1) is 26.4. The van der Waals surface area contributed by atoms with Gasteiger partial charge in [-0.3, -0.25) is 20.1 Å². The molecule has 288 valence electrons. The fourth-order valence-corrected chi connectivity index (χ4v) is 9.63. The van der Waals surface area contributed by atoms with Gasteiger partial charge in [-0.05, 0) is 80.0 Å². The van der Waals surface area contributed by atoms with Crippen molar-refractivity contribution in [3.05, 3.63) is 107 Å². The molecule has 12 nitrogen and oxygen atoms in total. The van der Waals surface area contributed by atoms with Crippen LogP contribution in [0.25, 0.3) is 0 Å².